The van der Waals surface area contributed by atoms with Crippen LogP contribution in [0.5, 0.6) is 0 Å². The van der Waals surface area contributed by atoms with Crippen molar-refractivity contribution in [2.75, 3.05) is 11.2 Å². The maximum Gasteiger partial charge on any atom is 0.262 e. The van der Waals surface area contributed by atoms with Crippen molar-refractivity contribution in [2.45, 2.75) is 24.8 Å². The van der Waals surface area contributed by atoms with Gasteiger partial charge in [0.05, 0.1) is 10.9 Å². The number of anilines is 1. The molecule has 0 aliphatic carbocycles. The van der Waals surface area contributed by atoms with Crippen molar-refractivity contribution in [3.05, 3.63) is 64.7 Å². The number of para-hydroxylation sites is 1. The SMILES string of the molecule is CCn1c(NNC(=O)CCSc2ccc(F)cc2)nc2ccccc2c1=O. The smallest absolute Gasteiger partial charge is 0.262 e. The Morgan fingerprint density at radius 2 is 1.93 bits per heavy atom. The van der Waals surface area contributed by atoms with Gasteiger partial charge in [0.1, 0.15) is 5.82 Å². The van der Waals surface area contributed by atoms with Crippen molar-refractivity contribution < 1.29 is 9.18 Å². The number of amides is 1. The molecule has 0 saturated carbocycles. The molecule has 8 heteroatoms. The number of thioether (sulfide) groups is 1. The molecule has 0 spiro atoms. The van der Waals surface area contributed by atoms with Crippen LogP contribution in [-0.4, -0.2) is 21.2 Å². The molecule has 2 aromatic carbocycles. The lowest BCUT2D eigenvalue weighted by atomic mass is 10.2. The van der Waals surface area contributed by atoms with Crippen molar-refractivity contribution in [3.8, 4) is 0 Å². The minimum absolute atomic E-state index is 0.160. The zero-order valence-corrected chi connectivity index (χ0v) is 15.6. The Bertz CT molecular complexity index is 1000. The first-order valence-corrected chi connectivity index (χ1v) is 9.50. The van der Waals surface area contributed by atoms with Crippen molar-refractivity contribution >= 4 is 34.5 Å². The summed E-state index contributed by atoms with van der Waals surface area (Å²) in [7, 11) is 0. The molecule has 0 unspecified atom stereocenters. The summed E-state index contributed by atoms with van der Waals surface area (Å²) >= 11 is 1.46. The van der Waals surface area contributed by atoms with E-state index < -0.39 is 0 Å². The number of nitrogens with zero attached hydrogens (tertiary/aromatic N) is 2. The summed E-state index contributed by atoms with van der Waals surface area (Å²) in [4.78, 5) is 29.9. The number of hydrazine groups is 1. The fourth-order valence-electron chi connectivity index (χ4n) is 2.54. The van der Waals surface area contributed by atoms with Crippen LogP contribution in [0.4, 0.5) is 10.3 Å². The van der Waals surface area contributed by atoms with Crippen molar-refractivity contribution in [1.82, 2.24) is 15.0 Å². The predicted molar refractivity (Wildman–Crippen MR) is 105 cm³/mol. The van der Waals surface area contributed by atoms with Crippen LogP contribution in [0.2, 0.25) is 0 Å². The molecule has 0 atom stereocenters. The van der Waals surface area contributed by atoms with Crippen LogP contribution in [0.3, 0.4) is 0 Å². The zero-order valence-electron chi connectivity index (χ0n) is 14.7. The Balaban J connectivity index is 1.60. The van der Waals surface area contributed by atoms with Crippen LogP contribution >= 0.6 is 11.8 Å². The number of halogens is 1. The summed E-state index contributed by atoms with van der Waals surface area (Å²) in [6.07, 6.45) is 0.263. The molecule has 3 aromatic rings. The molecule has 3 rings (SSSR count). The van der Waals surface area contributed by atoms with Gasteiger partial charge < -0.3 is 0 Å². The highest BCUT2D eigenvalue weighted by Gasteiger charge is 2.10. The lowest BCUT2D eigenvalue weighted by molar-refractivity contribution is -0.120. The Morgan fingerprint density at radius 1 is 1.19 bits per heavy atom. The number of rotatable bonds is 7. The fraction of sp³-hybridized carbons (Fsp3) is 0.211. The van der Waals surface area contributed by atoms with E-state index in [1.165, 1.54) is 28.5 Å². The molecular formula is C19H19FN4O2S. The summed E-state index contributed by atoms with van der Waals surface area (Å²) in [5.74, 6) is 0.326. The van der Waals surface area contributed by atoms with Gasteiger partial charge in [0, 0.05) is 23.6 Å². The standard InChI is InChI=1S/C19H19FN4O2S/c1-2-24-18(26)15-5-3-4-6-16(15)21-19(24)23-22-17(25)11-12-27-14-9-7-13(20)8-10-14/h3-10H,2,11-12H2,1H3,(H,21,23)(H,22,25). The first-order valence-electron chi connectivity index (χ1n) is 8.51. The quantitative estimate of drug-likeness (QED) is 0.482. The van der Waals surface area contributed by atoms with Crippen molar-refractivity contribution in [2.24, 2.45) is 0 Å². The first-order chi connectivity index (χ1) is 13.1. The molecule has 140 valence electrons. The van der Waals surface area contributed by atoms with E-state index >= 15 is 0 Å². The van der Waals surface area contributed by atoms with Crippen LogP contribution in [0.25, 0.3) is 10.9 Å². The molecule has 1 aromatic heterocycles. The summed E-state index contributed by atoms with van der Waals surface area (Å²) in [6.45, 7) is 2.26. The molecule has 27 heavy (non-hydrogen) atoms. The van der Waals surface area contributed by atoms with Crippen LogP contribution in [0.15, 0.2) is 58.2 Å². The fourth-order valence-corrected chi connectivity index (χ4v) is 3.39. The lowest BCUT2D eigenvalue weighted by Crippen LogP contribution is -2.34. The van der Waals surface area contributed by atoms with Gasteiger partial charge in [-0.2, -0.15) is 0 Å². The third-order valence-electron chi connectivity index (χ3n) is 3.90. The van der Waals surface area contributed by atoms with Gasteiger partial charge >= 0.3 is 0 Å². The highest BCUT2D eigenvalue weighted by molar-refractivity contribution is 7.99. The predicted octanol–water partition coefficient (Wildman–Crippen LogP) is 3.18. The van der Waals surface area contributed by atoms with Crippen molar-refractivity contribution in [3.63, 3.8) is 0 Å². The van der Waals surface area contributed by atoms with Crippen molar-refractivity contribution in [1.29, 1.82) is 0 Å². The molecule has 0 fully saturated rings. The molecule has 0 saturated heterocycles. The average Bonchev–Trinajstić information content (AvgIpc) is 2.68. The van der Waals surface area contributed by atoms with Crippen LogP contribution in [0, 0.1) is 5.82 Å². The number of carbonyl (C=O) groups is 1. The molecule has 0 aliphatic rings. The van der Waals surface area contributed by atoms with E-state index in [-0.39, 0.29) is 23.7 Å². The van der Waals surface area contributed by atoms with Gasteiger partial charge in [-0.15, -0.1) is 11.8 Å². The monoisotopic (exact) mass is 386 g/mol. The van der Waals surface area contributed by atoms with Crippen LogP contribution in [-0.2, 0) is 11.3 Å². The van der Waals surface area contributed by atoms with E-state index in [9.17, 15) is 14.0 Å². The Morgan fingerprint density at radius 3 is 2.67 bits per heavy atom. The molecule has 0 bridgehead atoms. The highest BCUT2D eigenvalue weighted by atomic mass is 32.2. The molecule has 1 heterocycles. The largest absolute Gasteiger partial charge is 0.277 e. The average molecular weight is 386 g/mol. The summed E-state index contributed by atoms with van der Waals surface area (Å²) in [5.41, 5.74) is 5.73. The normalized spacial score (nSPS) is 10.7. The second-order valence-corrected chi connectivity index (χ2v) is 6.90. The van der Waals surface area contributed by atoms with E-state index in [1.54, 1.807) is 36.4 Å². The Labute approximate surface area is 159 Å². The summed E-state index contributed by atoms with van der Waals surface area (Å²) in [6, 6.07) is 13.2. The topological polar surface area (TPSA) is 76.0 Å². The second-order valence-electron chi connectivity index (χ2n) is 5.73. The minimum atomic E-state index is -0.286. The van der Waals surface area contributed by atoms with E-state index in [4.69, 9.17) is 0 Å². The molecule has 2 N–H and O–H groups in total. The third-order valence-corrected chi connectivity index (χ3v) is 4.92. The molecule has 0 radical (unpaired) electrons. The number of fused-ring (bicyclic) bond motifs is 1. The van der Waals surface area contributed by atoms with Crippen LogP contribution < -0.4 is 16.4 Å². The Kier molecular flexibility index (Phi) is 6.08. The van der Waals surface area contributed by atoms with E-state index in [1.807, 2.05) is 6.92 Å². The van der Waals surface area contributed by atoms with Crippen LogP contribution in [0.1, 0.15) is 13.3 Å². The number of aromatic nitrogens is 2. The maximum atomic E-state index is 12.9. The molecule has 0 aliphatic heterocycles. The third kappa shape index (κ3) is 4.65. The lowest BCUT2D eigenvalue weighted by Gasteiger charge is -2.14. The number of nitrogens with one attached hydrogen (secondary N) is 2. The molecular weight excluding hydrogens is 367 g/mol. The van der Waals surface area contributed by atoms with E-state index in [0.717, 1.165) is 4.90 Å². The Hall–Kier alpha value is -2.87. The van der Waals surface area contributed by atoms with Gasteiger partial charge in [0.2, 0.25) is 11.9 Å². The van der Waals surface area contributed by atoms with E-state index in [2.05, 4.69) is 15.8 Å². The highest BCUT2D eigenvalue weighted by Crippen LogP contribution is 2.18. The number of hydrogen-bond acceptors (Lipinski definition) is 5. The molecule has 6 nitrogen and oxygen atoms in total. The van der Waals surface area contributed by atoms with Gasteiger partial charge in [-0.1, -0.05) is 12.1 Å². The van der Waals surface area contributed by atoms with Gasteiger partial charge in [-0.3, -0.25) is 25.0 Å². The van der Waals surface area contributed by atoms with Gasteiger partial charge in [-0.05, 0) is 43.3 Å². The summed E-state index contributed by atoms with van der Waals surface area (Å²) < 4.78 is 14.3. The van der Waals surface area contributed by atoms with Gasteiger partial charge in [0.25, 0.3) is 5.56 Å². The van der Waals surface area contributed by atoms with E-state index in [0.29, 0.717) is 29.1 Å². The van der Waals surface area contributed by atoms with Gasteiger partial charge in [-0.25, -0.2) is 9.37 Å². The molecule has 1 amide bonds. The minimum Gasteiger partial charge on any atom is -0.277 e. The number of hydrogen-bond donors (Lipinski definition) is 2. The first kappa shape index (κ1) is 18.9. The zero-order chi connectivity index (χ0) is 19.2. The number of benzene rings is 2. The maximum absolute atomic E-state index is 12.9. The number of carbonyl (C=O) groups excluding carboxylic acids is 1. The van der Waals surface area contributed by atoms with Gasteiger partial charge in [0.15, 0.2) is 0 Å². The second kappa shape index (κ2) is 8.68. The summed E-state index contributed by atoms with van der Waals surface area (Å²) in [5, 5.41) is 0.534.